The summed E-state index contributed by atoms with van der Waals surface area (Å²) < 4.78 is 6.99. The molecule has 2 fully saturated rings. The maximum Gasteiger partial charge on any atom is 0.194 e. The molecule has 0 bridgehead atoms. The van der Waals surface area contributed by atoms with Crippen LogP contribution in [0.4, 0.5) is 0 Å². The van der Waals surface area contributed by atoms with Gasteiger partial charge in [-0.1, -0.05) is 0 Å². The zero-order valence-corrected chi connectivity index (χ0v) is 9.82. The van der Waals surface area contributed by atoms with Crippen molar-refractivity contribution < 1.29 is 9.48 Å². The lowest BCUT2D eigenvalue weighted by molar-refractivity contribution is -0.426. The van der Waals surface area contributed by atoms with Crippen molar-refractivity contribution in [2.24, 2.45) is 0 Å². The Balaban J connectivity index is 2.11. The van der Waals surface area contributed by atoms with Gasteiger partial charge in [0.1, 0.15) is 13.2 Å². The van der Waals surface area contributed by atoms with Gasteiger partial charge in [-0.2, -0.15) is 0 Å². The Kier molecular flexibility index (Phi) is 2.73. The summed E-state index contributed by atoms with van der Waals surface area (Å²) in [5.74, 6) is 0. The largest absolute Gasteiger partial charge is 0.624 e. The van der Waals surface area contributed by atoms with Crippen LogP contribution in [0.25, 0.3) is 0 Å². The fourth-order valence-corrected chi connectivity index (χ4v) is 2.65. The van der Waals surface area contributed by atoms with Gasteiger partial charge < -0.3 is 14.8 Å². The van der Waals surface area contributed by atoms with Gasteiger partial charge in [0, 0.05) is 13.1 Å². The standard InChI is InChI=1S/C11H20N2O2/c1-9-10(13(3)14)8-11(15-9)4-6-12(2)7-5-11/h9H,4-8H2,1-3H3/b13-10-. The molecule has 1 atom stereocenters. The number of hydrogen-bond donors (Lipinski definition) is 0. The Morgan fingerprint density at radius 1 is 1.47 bits per heavy atom. The second-order valence-electron chi connectivity index (χ2n) is 4.91. The molecule has 0 aromatic carbocycles. The Hall–Kier alpha value is -0.610. The first kappa shape index (κ1) is 10.9. The van der Waals surface area contributed by atoms with Crippen molar-refractivity contribution in [3.8, 4) is 0 Å². The van der Waals surface area contributed by atoms with Crippen LogP contribution in [0.5, 0.6) is 0 Å². The minimum Gasteiger partial charge on any atom is -0.624 e. The minimum absolute atomic E-state index is 0.00379. The molecule has 0 aliphatic carbocycles. The molecule has 0 aromatic rings. The van der Waals surface area contributed by atoms with E-state index in [1.54, 1.807) is 7.05 Å². The van der Waals surface area contributed by atoms with Crippen molar-refractivity contribution in [3.05, 3.63) is 5.21 Å². The van der Waals surface area contributed by atoms with Crippen molar-refractivity contribution >= 4 is 5.71 Å². The summed E-state index contributed by atoms with van der Waals surface area (Å²) in [6, 6.07) is 0. The highest BCUT2D eigenvalue weighted by Crippen LogP contribution is 2.36. The number of hydrogen-bond acceptors (Lipinski definition) is 3. The van der Waals surface area contributed by atoms with Gasteiger partial charge in [0.25, 0.3) is 0 Å². The SMILES string of the molecule is CC1OC2(CCN(C)CC2)C/C1=[N+](\C)[O-]. The lowest BCUT2D eigenvalue weighted by atomic mass is 9.88. The molecule has 2 aliphatic rings. The number of rotatable bonds is 0. The molecule has 2 heterocycles. The normalized spacial score (nSPS) is 34.7. The fourth-order valence-electron chi connectivity index (χ4n) is 2.65. The van der Waals surface area contributed by atoms with Gasteiger partial charge in [0.05, 0.1) is 12.0 Å². The summed E-state index contributed by atoms with van der Waals surface area (Å²) in [5.41, 5.74) is 0.861. The van der Waals surface area contributed by atoms with E-state index in [1.165, 1.54) is 0 Å². The average molecular weight is 212 g/mol. The quantitative estimate of drug-likeness (QED) is 0.339. The van der Waals surface area contributed by atoms with Gasteiger partial charge in [-0.25, -0.2) is 4.74 Å². The van der Waals surface area contributed by atoms with Crippen LogP contribution in [-0.2, 0) is 4.74 Å². The van der Waals surface area contributed by atoms with Crippen molar-refractivity contribution in [2.75, 3.05) is 27.2 Å². The van der Waals surface area contributed by atoms with Crippen LogP contribution in [0, 0.1) is 5.21 Å². The third-order valence-electron chi connectivity index (χ3n) is 3.70. The number of piperidine rings is 1. The predicted molar refractivity (Wildman–Crippen MR) is 59.2 cm³/mol. The predicted octanol–water partition coefficient (Wildman–Crippen LogP) is 0.841. The topological polar surface area (TPSA) is 38.5 Å². The van der Waals surface area contributed by atoms with E-state index in [9.17, 15) is 5.21 Å². The van der Waals surface area contributed by atoms with Crippen LogP contribution in [-0.4, -0.2) is 54.2 Å². The smallest absolute Gasteiger partial charge is 0.194 e. The lowest BCUT2D eigenvalue weighted by Crippen LogP contribution is -2.42. The summed E-state index contributed by atoms with van der Waals surface area (Å²) in [6.07, 6.45) is 2.91. The van der Waals surface area contributed by atoms with Crippen LogP contribution < -0.4 is 0 Å². The molecule has 0 amide bonds. The first-order valence-corrected chi connectivity index (χ1v) is 5.65. The zero-order valence-electron chi connectivity index (χ0n) is 9.82. The van der Waals surface area contributed by atoms with Crippen molar-refractivity contribution in [1.82, 2.24) is 4.90 Å². The molecular formula is C11H20N2O2. The van der Waals surface area contributed by atoms with E-state index in [4.69, 9.17) is 4.74 Å². The van der Waals surface area contributed by atoms with Gasteiger partial charge in [-0.15, -0.1) is 0 Å². The lowest BCUT2D eigenvalue weighted by Gasteiger charge is -2.36. The molecular weight excluding hydrogens is 192 g/mol. The summed E-state index contributed by atoms with van der Waals surface area (Å²) >= 11 is 0. The summed E-state index contributed by atoms with van der Waals surface area (Å²) in [7, 11) is 3.71. The molecule has 2 rings (SSSR count). The molecule has 0 N–H and O–H groups in total. The van der Waals surface area contributed by atoms with Gasteiger partial charge in [-0.3, -0.25) is 0 Å². The molecule has 0 saturated carbocycles. The van der Waals surface area contributed by atoms with Gasteiger partial charge in [-0.05, 0) is 26.8 Å². The summed E-state index contributed by atoms with van der Waals surface area (Å²) in [5, 5.41) is 11.3. The highest BCUT2D eigenvalue weighted by molar-refractivity contribution is 5.86. The Morgan fingerprint density at radius 3 is 2.53 bits per heavy atom. The number of nitrogens with zero attached hydrogens (tertiary/aromatic N) is 2. The molecule has 86 valence electrons. The Morgan fingerprint density at radius 2 is 2.07 bits per heavy atom. The van der Waals surface area contributed by atoms with Crippen LogP contribution in [0.2, 0.25) is 0 Å². The fraction of sp³-hybridized carbons (Fsp3) is 0.909. The first-order valence-electron chi connectivity index (χ1n) is 5.65. The Bertz CT molecular complexity index is 276. The molecule has 1 unspecified atom stereocenters. The number of ether oxygens (including phenoxy) is 1. The maximum atomic E-state index is 11.3. The first-order chi connectivity index (χ1) is 7.02. The molecule has 15 heavy (non-hydrogen) atoms. The second kappa shape index (κ2) is 3.76. The van der Waals surface area contributed by atoms with Crippen molar-refractivity contribution in [2.45, 2.75) is 37.9 Å². The number of likely N-dealkylation sites (tertiary alicyclic amines) is 1. The molecule has 0 aromatic heterocycles. The second-order valence-corrected chi connectivity index (χ2v) is 4.91. The molecule has 4 heteroatoms. The average Bonchev–Trinajstić information content (AvgIpc) is 2.50. The highest BCUT2D eigenvalue weighted by Gasteiger charge is 2.46. The summed E-state index contributed by atoms with van der Waals surface area (Å²) in [6.45, 7) is 4.13. The van der Waals surface area contributed by atoms with E-state index in [-0.39, 0.29) is 11.7 Å². The monoisotopic (exact) mass is 212 g/mol. The van der Waals surface area contributed by atoms with Crippen molar-refractivity contribution in [1.29, 1.82) is 0 Å². The van der Waals surface area contributed by atoms with Crippen LogP contribution in [0.1, 0.15) is 26.2 Å². The third kappa shape index (κ3) is 2.01. The third-order valence-corrected chi connectivity index (χ3v) is 3.70. The van der Waals surface area contributed by atoms with E-state index in [0.717, 1.165) is 42.8 Å². The molecule has 2 saturated heterocycles. The molecule has 1 spiro atoms. The van der Waals surface area contributed by atoms with E-state index < -0.39 is 0 Å². The van der Waals surface area contributed by atoms with E-state index in [1.807, 2.05) is 6.92 Å². The van der Waals surface area contributed by atoms with Crippen LogP contribution in [0.15, 0.2) is 0 Å². The van der Waals surface area contributed by atoms with Crippen LogP contribution in [0.3, 0.4) is 0 Å². The highest BCUT2D eigenvalue weighted by atomic mass is 16.5. The molecule has 4 nitrogen and oxygen atoms in total. The minimum atomic E-state index is -0.0417. The van der Waals surface area contributed by atoms with Crippen LogP contribution >= 0.6 is 0 Å². The van der Waals surface area contributed by atoms with E-state index >= 15 is 0 Å². The van der Waals surface area contributed by atoms with Gasteiger partial charge in [0.2, 0.25) is 0 Å². The zero-order chi connectivity index (χ0) is 11.1. The summed E-state index contributed by atoms with van der Waals surface area (Å²) in [4.78, 5) is 2.32. The number of hydroxylamine groups is 1. The van der Waals surface area contributed by atoms with Crippen molar-refractivity contribution in [3.63, 3.8) is 0 Å². The molecule has 0 radical (unpaired) electrons. The van der Waals surface area contributed by atoms with Gasteiger partial charge in [0.15, 0.2) is 5.71 Å². The molecule has 2 aliphatic heterocycles. The Labute approximate surface area is 91.1 Å². The maximum absolute atomic E-state index is 11.3. The van der Waals surface area contributed by atoms with E-state index in [0.29, 0.717) is 0 Å². The van der Waals surface area contributed by atoms with Gasteiger partial charge >= 0.3 is 0 Å². The van der Waals surface area contributed by atoms with E-state index in [2.05, 4.69) is 11.9 Å².